The van der Waals surface area contributed by atoms with E-state index >= 15 is 0 Å². The summed E-state index contributed by atoms with van der Waals surface area (Å²) in [6.45, 7) is 2.25. The highest BCUT2D eigenvalue weighted by molar-refractivity contribution is 5.63. The van der Waals surface area contributed by atoms with Crippen LogP contribution in [0, 0.1) is 0 Å². The van der Waals surface area contributed by atoms with E-state index in [0.717, 1.165) is 35.1 Å². The number of hydrogen-bond acceptors (Lipinski definition) is 6. The van der Waals surface area contributed by atoms with Crippen molar-refractivity contribution in [1.29, 1.82) is 0 Å². The SMILES string of the molecule is CC[C@@H]1c2nncn2-c2cnc(-n3ccnc3-c3ccccc3)nc2N1CCCF. The number of imidazole rings is 1. The maximum absolute atomic E-state index is 13.0. The molecule has 8 nitrogen and oxygen atoms in total. The number of fused-ring (bicyclic) bond motifs is 3. The van der Waals surface area contributed by atoms with Gasteiger partial charge in [-0.2, -0.15) is 4.98 Å². The van der Waals surface area contributed by atoms with Gasteiger partial charge in [0.25, 0.3) is 0 Å². The zero-order valence-corrected chi connectivity index (χ0v) is 16.6. The first-order valence-electron chi connectivity index (χ1n) is 10.0. The van der Waals surface area contributed by atoms with Crippen LogP contribution in [-0.2, 0) is 0 Å². The second-order valence-electron chi connectivity index (χ2n) is 7.08. The predicted octanol–water partition coefficient (Wildman–Crippen LogP) is 3.54. The van der Waals surface area contributed by atoms with Gasteiger partial charge in [0.2, 0.25) is 5.95 Å². The lowest BCUT2D eigenvalue weighted by molar-refractivity contribution is 0.450. The van der Waals surface area contributed by atoms with Crippen molar-refractivity contribution in [2.45, 2.75) is 25.8 Å². The summed E-state index contributed by atoms with van der Waals surface area (Å²) in [5.41, 5.74) is 1.77. The minimum atomic E-state index is -0.382. The molecule has 0 saturated heterocycles. The molecule has 0 radical (unpaired) electrons. The monoisotopic (exact) mass is 404 g/mol. The number of alkyl halides is 1. The molecule has 3 aromatic heterocycles. The molecule has 0 aliphatic carbocycles. The Morgan fingerprint density at radius 3 is 2.77 bits per heavy atom. The van der Waals surface area contributed by atoms with Gasteiger partial charge in [-0.05, 0) is 12.8 Å². The summed E-state index contributed by atoms with van der Waals surface area (Å²) in [6, 6.07) is 9.89. The lowest BCUT2D eigenvalue weighted by Crippen LogP contribution is -2.37. The molecule has 0 bridgehead atoms. The fourth-order valence-electron chi connectivity index (χ4n) is 3.96. The standard InChI is InChI=1S/C21H21FN8/c1-2-16-20-27-25-14-30(20)17-13-24-21(26-19(17)28(16)11-6-9-22)29-12-10-23-18(29)15-7-4-3-5-8-15/h3-5,7-8,10,12-14,16H,2,6,9,11H2,1H3/t16-/m1/s1. The third kappa shape index (κ3) is 2.94. The van der Waals surface area contributed by atoms with Gasteiger partial charge in [-0.25, -0.2) is 9.97 Å². The molecule has 1 aliphatic rings. The van der Waals surface area contributed by atoms with Crippen molar-refractivity contribution in [3.05, 3.63) is 61.1 Å². The lowest BCUT2D eigenvalue weighted by atomic mass is 10.1. The molecule has 4 heterocycles. The average molecular weight is 404 g/mol. The van der Waals surface area contributed by atoms with E-state index in [-0.39, 0.29) is 12.7 Å². The smallest absolute Gasteiger partial charge is 0.237 e. The van der Waals surface area contributed by atoms with Crippen LogP contribution in [0.5, 0.6) is 0 Å². The molecular formula is C21H21FN8. The Balaban J connectivity index is 1.64. The van der Waals surface area contributed by atoms with E-state index in [1.165, 1.54) is 0 Å². The Morgan fingerprint density at radius 2 is 1.97 bits per heavy atom. The molecule has 0 amide bonds. The van der Waals surface area contributed by atoms with Crippen molar-refractivity contribution in [2.75, 3.05) is 18.1 Å². The number of nitrogens with zero attached hydrogens (tertiary/aromatic N) is 8. The molecule has 1 aliphatic heterocycles. The predicted molar refractivity (Wildman–Crippen MR) is 110 cm³/mol. The zero-order valence-electron chi connectivity index (χ0n) is 16.6. The summed E-state index contributed by atoms with van der Waals surface area (Å²) in [5, 5.41) is 8.38. The van der Waals surface area contributed by atoms with Crippen molar-refractivity contribution in [3.63, 3.8) is 0 Å². The van der Waals surface area contributed by atoms with E-state index in [1.54, 1.807) is 18.7 Å². The topological polar surface area (TPSA) is 77.5 Å². The zero-order chi connectivity index (χ0) is 20.5. The molecule has 1 aromatic carbocycles. The van der Waals surface area contributed by atoms with Gasteiger partial charge in [0.1, 0.15) is 17.8 Å². The van der Waals surface area contributed by atoms with Crippen LogP contribution in [0.4, 0.5) is 10.2 Å². The fraction of sp³-hybridized carbons (Fsp3) is 0.286. The highest BCUT2D eigenvalue weighted by atomic mass is 19.1. The van der Waals surface area contributed by atoms with E-state index in [0.29, 0.717) is 18.9 Å². The van der Waals surface area contributed by atoms with Crippen molar-refractivity contribution < 1.29 is 4.39 Å². The van der Waals surface area contributed by atoms with Gasteiger partial charge in [-0.3, -0.25) is 13.5 Å². The maximum Gasteiger partial charge on any atom is 0.237 e. The summed E-state index contributed by atoms with van der Waals surface area (Å²) < 4.78 is 16.8. The Labute approximate surface area is 173 Å². The summed E-state index contributed by atoms with van der Waals surface area (Å²) >= 11 is 0. The quantitative estimate of drug-likeness (QED) is 0.489. The number of aromatic nitrogens is 7. The molecule has 5 rings (SSSR count). The van der Waals surface area contributed by atoms with Gasteiger partial charge < -0.3 is 4.90 Å². The van der Waals surface area contributed by atoms with E-state index in [4.69, 9.17) is 4.98 Å². The molecule has 0 fully saturated rings. The van der Waals surface area contributed by atoms with Gasteiger partial charge in [0, 0.05) is 24.5 Å². The number of rotatable bonds is 6. The van der Waals surface area contributed by atoms with Crippen molar-refractivity contribution in [1.82, 2.24) is 34.3 Å². The first kappa shape index (κ1) is 18.4. The van der Waals surface area contributed by atoms with Crippen LogP contribution >= 0.6 is 0 Å². The maximum atomic E-state index is 13.0. The van der Waals surface area contributed by atoms with E-state index < -0.39 is 0 Å². The minimum Gasteiger partial charge on any atom is -0.344 e. The summed E-state index contributed by atoms with van der Waals surface area (Å²) in [7, 11) is 0. The fourth-order valence-corrected chi connectivity index (χ4v) is 3.96. The van der Waals surface area contributed by atoms with Crippen molar-refractivity contribution in [2.24, 2.45) is 0 Å². The average Bonchev–Trinajstić information content (AvgIpc) is 3.47. The molecule has 0 spiro atoms. The molecule has 0 N–H and O–H groups in total. The first-order chi connectivity index (χ1) is 14.8. The molecule has 1 atom stereocenters. The van der Waals surface area contributed by atoms with E-state index in [2.05, 4.69) is 32.0 Å². The summed E-state index contributed by atoms with van der Waals surface area (Å²) in [6.07, 6.45) is 8.26. The van der Waals surface area contributed by atoms with Crippen LogP contribution in [0.25, 0.3) is 23.0 Å². The van der Waals surface area contributed by atoms with Crippen LogP contribution in [0.1, 0.15) is 31.6 Å². The van der Waals surface area contributed by atoms with Crippen LogP contribution in [0.15, 0.2) is 55.2 Å². The molecule has 4 aromatic rings. The van der Waals surface area contributed by atoms with Crippen molar-refractivity contribution in [3.8, 4) is 23.0 Å². The Bertz CT molecular complexity index is 1150. The number of halogens is 1. The highest BCUT2D eigenvalue weighted by Gasteiger charge is 2.33. The summed E-state index contributed by atoms with van der Waals surface area (Å²) in [4.78, 5) is 16.1. The van der Waals surface area contributed by atoms with E-state index in [9.17, 15) is 4.39 Å². The van der Waals surface area contributed by atoms with Gasteiger partial charge in [-0.15, -0.1) is 10.2 Å². The molecule has 0 unspecified atom stereocenters. The minimum absolute atomic E-state index is 0.0225. The van der Waals surface area contributed by atoms with Gasteiger partial charge in [-0.1, -0.05) is 37.3 Å². The van der Waals surface area contributed by atoms with E-state index in [1.807, 2.05) is 45.7 Å². The number of benzene rings is 1. The Kier molecular flexibility index (Phi) is 4.70. The van der Waals surface area contributed by atoms with Crippen molar-refractivity contribution >= 4 is 5.82 Å². The molecule has 0 saturated carbocycles. The van der Waals surface area contributed by atoms with Crippen LogP contribution in [0.2, 0.25) is 0 Å². The number of hydrogen-bond donors (Lipinski definition) is 0. The van der Waals surface area contributed by atoms with Crippen LogP contribution in [-0.4, -0.2) is 47.5 Å². The second kappa shape index (κ2) is 7.66. The Hall–Kier alpha value is -3.62. The highest BCUT2D eigenvalue weighted by Crippen LogP contribution is 2.38. The van der Waals surface area contributed by atoms with Gasteiger partial charge in [0.15, 0.2) is 11.6 Å². The Morgan fingerprint density at radius 1 is 1.10 bits per heavy atom. The number of anilines is 1. The third-order valence-corrected chi connectivity index (χ3v) is 5.32. The lowest BCUT2D eigenvalue weighted by Gasteiger charge is -2.36. The normalized spacial score (nSPS) is 15.1. The molecule has 30 heavy (non-hydrogen) atoms. The van der Waals surface area contributed by atoms with Gasteiger partial charge >= 0.3 is 0 Å². The molecule has 9 heteroatoms. The van der Waals surface area contributed by atoms with Crippen LogP contribution in [0.3, 0.4) is 0 Å². The van der Waals surface area contributed by atoms with Crippen LogP contribution < -0.4 is 4.90 Å². The largest absolute Gasteiger partial charge is 0.344 e. The molecular weight excluding hydrogens is 383 g/mol. The summed E-state index contributed by atoms with van der Waals surface area (Å²) in [5.74, 6) is 2.86. The first-order valence-corrected chi connectivity index (χ1v) is 10.0. The third-order valence-electron chi connectivity index (χ3n) is 5.32. The van der Waals surface area contributed by atoms with Gasteiger partial charge in [0.05, 0.1) is 18.9 Å². The second-order valence-corrected chi connectivity index (χ2v) is 7.08. The molecule has 152 valence electrons.